The molecule has 98 valence electrons. The Hall–Kier alpha value is -1.47. The number of nitrogens with two attached hydrogens (primary N) is 1. The maximum atomic E-state index is 11.8. The highest BCUT2D eigenvalue weighted by Crippen LogP contribution is 2.40. The number of thiazole rings is 1. The Bertz CT molecular complexity index is 468. The number of aliphatic carboxylic acids is 1. The minimum Gasteiger partial charge on any atom is -0.481 e. The molecule has 0 spiro atoms. The second kappa shape index (κ2) is 5.03. The van der Waals surface area contributed by atoms with Gasteiger partial charge in [0.15, 0.2) is 0 Å². The lowest BCUT2D eigenvalue weighted by Crippen LogP contribution is -2.47. The van der Waals surface area contributed by atoms with E-state index in [4.69, 9.17) is 10.8 Å². The van der Waals surface area contributed by atoms with Gasteiger partial charge in [0.25, 0.3) is 5.91 Å². The zero-order valence-electron chi connectivity index (χ0n) is 9.81. The third-order valence-corrected chi connectivity index (χ3v) is 4.18. The van der Waals surface area contributed by atoms with Gasteiger partial charge in [0.05, 0.1) is 5.41 Å². The normalized spacial score (nSPS) is 16.9. The van der Waals surface area contributed by atoms with E-state index >= 15 is 0 Å². The molecule has 1 aromatic heterocycles. The fourth-order valence-corrected chi connectivity index (χ4v) is 2.57. The number of carbonyl (C=O) groups excluding carboxylic acids is 1. The van der Waals surface area contributed by atoms with Crippen molar-refractivity contribution < 1.29 is 14.7 Å². The molecule has 1 amide bonds. The summed E-state index contributed by atoms with van der Waals surface area (Å²) in [6.45, 7) is 0.466. The van der Waals surface area contributed by atoms with Crippen LogP contribution in [0.25, 0.3) is 0 Å². The number of nitrogens with one attached hydrogen (secondary N) is 1. The number of nitrogens with zero attached hydrogens (tertiary/aromatic N) is 1. The molecule has 1 aromatic rings. The van der Waals surface area contributed by atoms with Gasteiger partial charge in [-0.05, 0) is 12.8 Å². The first kappa shape index (κ1) is 13.0. The molecule has 2 rings (SSSR count). The topological polar surface area (TPSA) is 105 Å². The van der Waals surface area contributed by atoms with Gasteiger partial charge < -0.3 is 16.2 Å². The van der Waals surface area contributed by atoms with Gasteiger partial charge in [-0.25, -0.2) is 4.98 Å². The van der Waals surface area contributed by atoms with Crippen LogP contribution in [-0.4, -0.2) is 28.5 Å². The average Bonchev–Trinajstić information content (AvgIpc) is 2.75. The first-order chi connectivity index (χ1) is 8.57. The fourth-order valence-electron chi connectivity index (χ4n) is 1.92. The Kier molecular flexibility index (Phi) is 3.63. The lowest BCUT2D eigenvalue weighted by atomic mass is 9.69. The first-order valence-electron chi connectivity index (χ1n) is 5.73. The van der Waals surface area contributed by atoms with Crippen molar-refractivity contribution in [2.75, 3.05) is 6.54 Å². The molecular formula is C11H15N3O3S. The molecular weight excluding hydrogens is 254 g/mol. The molecule has 0 unspecified atom stereocenters. The number of carboxylic acid groups (broad SMARTS) is 1. The molecule has 1 saturated carbocycles. The number of hydrogen-bond acceptors (Lipinski definition) is 5. The van der Waals surface area contributed by atoms with Gasteiger partial charge in [0.2, 0.25) is 0 Å². The predicted octanol–water partition coefficient (Wildman–Crippen LogP) is 0.586. The van der Waals surface area contributed by atoms with Crippen LogP contribution in [0.5, 0.6) is 0 Å². The van der Waals surface area contributed by atoms with Crippen LogP contribution in [0, 0.1) is 5.41 Å². The molecule has 7 heteroatoms. The maximum Gasteiger partial charge on any atom is 0.311 e. The summed E-state index contributed by atoms with van der Waals surface area (Å²) in [6.07, 6.45) is 2.14. The van der Waals surface area contributed by atoms with E-state index in [9.17, 15) is 9.59 Å². The fraction of sp³-hybridized carbons (Fsp3) is 0.545. The Morgan fingerprint density at radius 3 is 2.72 bits per heavy atom. The summed E-state index contributed by atoms with van der Waals surface area (Å²) in [5.74, 6) is -1.17. The van der Waals surface area contributed by atoms with Crippen molar-refractivity contribution in [2.45, 2.75) is 25.8 Å². The third-order valence-electron chi connectivity index (χ3n) is 3.31. The summed E-state index contributed by atoms with van der Waals surface area (Å²) in [4.78, 5) is 27.0. The van der Waals surface area contributed by atoms with Crippen LogP contribution in [-0.2, 0) is 11.3 Å². The molecule has 1 heterocycles. The Morgan fingerprint density at radius 2 is 2.28 bits per heavy atom. The Labute approximate surface area is 108 Å². The van der Waals surface area contributed by atoms with Crippen molar-refractivity contribution in [3.05, 3.63) is 16.1 Å². The predicted molar refractivity (Wildman–Crippen MR) is 66.3 cm³/mol. The summed E-state index contributed by atoms with van der Waals surface area (Å²) in [5.41, 5.74) is 4.95. The van der Waals surface area contributed by atoms with Crippen molar-refractivity contribution in [1.29, 1.82) is 0 Å². The van der Waals surface area contributed by atoms with Crippen LogP contribution >= 0.6 is 11.3 Å². The van der Waals surface area contributed by atoms with Crippen molar-refractivity contribution in [3.63, 3.8) is 0 Å². The van der Waals surface area contributed by atoms with E-state index in [0.717, 1.165) is 6.42 Å². The van der Waals surface area contributed by atoms with Gasteiger partial charge in [-0.1, -0.05) is 6.42 Å². The number of hydrogen-bond donors (Lipinski definition) is 3. The molecule has 0 aromatic carbocycles. The molecule has 0 aliphatic heterocycles. The van der Waals surface area contributed by atoms with Crippen molar-refractivity contribution >= 4 is 23.2 Å². The number of carbonyl (C=O) groups is 2. The third kappa shape index (κ3) is 2.37. The van der Waals surface area contributed by atoms with E-state index in [2.05, 4.69) is 10.3 Å². The van der Waals surface area contributed by atoms with Gasteiger partial charge in [-0.15, -0.1) is 11.3 Å². The number of aromatic nitrogens is 1. The molecule has 4 N–H and O–H groups in total. The highest BCUT2D eigenvalue weighted by atomic mass is 32.1. The van der Waals surface area contributed by atoms with E-state index < -0.39 is 11.4 Å². The lowest BCUT2D eigenvalue weighted by Gasteiger charge is -2.37. The summed E-state index contributed by atoms with van der Waals surface area (Å²) >= 11 is 1.32. The van der Waals surface area contributed by atoms with Crippen LogP contribution in [0.2, 0.25) is 0 Å². The van der Waals surface area contributed by atoms with Gasteiger partial charge in [0, 0.05) is 18.5 Å². The van der Waals surface area contributed by atoms with Crippen LogP contribution in [0.15, 0.2) is 5.38 Å². The van der Waals surface area contributed by atoms with E-state index in [1.54, 1.807) is 5.38 Å². The van der Waals surface area contributed by atoms with Crippen molar-refractivity contribution in [2.24, 2.45) is 11.1 Å². The van der Waals surface area contributed by atoms with Crippen molar-refractivity contribution in [3.8, 4) is 0 Å². The molecule has 6 nitrogen and oxygen atoms in total. The van der Waals surface area contributed by atoms with Gasteiger partial charge in [-0.2, -0.15) is 0 Å². The first-order valence-corrected chi connectivity index (χ1v) is 6.61. The monoisotopic (exact) mass is 269 g/mol. The second-order valence-corrected chi connectivity index (χ2v) is 5.39. The van der Waals surface area contributed by atoms with E-state index in [1.807, 2.05) is 0 Å². The van der Waals surface area contributed by atoms with Crippen molar-refractivity contribution in [1.82, 2.24) is 10.3 Å². The molecule has 1 aliphatic carbocycles. The summed E-state index contributed by atoms with van der Waals surface area (Å²) in [6, 6.07) is 0. The van der Waals surface area contributed by atoms with E-state index in [-0.39, 0.29) is 12.5 Å². The van der Waals surface area contributed by atoms with Crippen LogP contribution in [0.1, 0.15) is 34.8 Å². The summed E-state index contributed by atoms with van der Waals surface area (Å²) in [7, 11) is 0. The Balaban J connectivity index is 1.94. The minimum atomic E-state index is -0.838. The lowest BCUT2D eigenvalue weighted by molar-refractivity contribution is -0.153. The zero-order chi connectivity index (χ0) is 13.2. The highest BCUT2D eigenvalue weighted by molar-refractivity contribution is 7.09. The smallest absolute Gasteiger partial charge is 0.311 e. The molecule has 0 bridgehead atoms. The largest absolute Gasteiger partial charge is 0.481 e. The Morgan fingerprint density at radius 1 is 1.56 bits per heavy atom. The van der Waals surface area contributed by atoms with Gasteiger partial charge >= 0.3 is 5.97 Å². The zero-order valence-corrected chi connectivity index (χ0v) is 10.6. The van der Waals surface area contributed by atoms with Gasteiger partial charge in [0.1, 0.15) is 10.7 Å². The molecule has 0 atom stereocenters. The second-order valence-electron chi connectivity index (χ2n) is 4.45. The number of rotatable bonds is 5. The standard InChI is InChI=1S/C11H15N3O3S/c12-4-8-14-7(5-18-8)9(15)13-6-11(10(16)17)2-1-3-11/h5H,1-4,6,12H2,(H,13,15)(H,16,17). The summed E-state index contributed by atoms with van der Waals surface area (Å²) < 4.78 is 0. The number of amides is 1. The molecule has 1 aliphatic rings. The van der Waals surface area contributed by atoms with E-state index in [0.29, 0.717) is 30.1 Å². The van der Waals surface area contributed by atoms with Gasteiger partial charge in [-0.3, -0.25) is 9.59 Å². The highest BCUT2D eigenvalue weighted by Gasteiger charge is 2.44. The van der Waals surface area contributed by atoms with Crippen LogP contribution in [0.3, 0.4) is 0 Å². The summed E-state index contributed by atoms with van der Waals surface area (Å²) in [5, 5.41) is 14.1. The molecule has 0 saturated heterocycles. The quantitative estimate of drug-likeness (QED) is 0.725. The number of carboxylic acids is 1. The maximum absolute atomic E-state index is 11.8. The minimum absolute atomic E-state index is 0.163. The molecule has 0 radical (unpaired) electrons. The average molecular weight is 269 g/mol. The molecule has 1 fully saturated rings. The van der Waals surface area contributed by atoms with Crippen LogP contribution < -0.4 is 11.1 Å². The van der Waals surface area contributed by atoms with E-state index in [1.165, 1.54) is 11.3 Å². The molecule has 18 heavy (non-hydrogen) atoms. The SMILES string of the molecule is NCc1nc(C(=O)NCC2(C(=O)O)CCC2)cs1. The van der Waals surface area contributed by atoms with Crippen LogP contribution in [0.4, 0.5) is 0 Å².